The van der Waals surface area contributed by atoms with Crippen molar-refractivity contribution >= 4 is 27.7 Å². The Morgan fingerprint density at radius 1 is 1.37 bits per heavy atom. The predicted octanol–water partition coefficient (Wildman–Crippen LogP) is 1.69. The van der Waals surface area contributed by atoms with E-state index < -0.39 is 0 Å². The molecule has 5 nitrogen and oxygen atoms in total. The van der Waals surface area contributed by atoms with Gasteiger partial charge in [-0.1, -0.05) is 15.9 Å². The number of ether oxygens (including phenoxy) is 1. The molecule has 2 amide bonds. The first kappa shape index (κ1) is 13.9. The lowest BCUT2D eigenvalue weighted by molar-refractivity contribution is -0.130. The fourth-order valence-corrected chi connectivity index (χ4v) is 2.01. The van der Waals surface area contributed by atoms with E-state index in [0.29, 0.717) is 5.75 Å². The largest absolute Gasteiger partial charge is 0.483 e. The van der Waals surface area contributed by atoms with Gasteiger partial charge in [0.25, 0.3) is 5.91 Å². The summed E-state index contributed by atoms with van der Waals surface area (Å²) in [5, 5.41) is 0. The van der Waals surface area contributed by atoms with E-state index in [2.05, 4.69) is 26.8 Å². The topological polar surface area (TPSA) is 67.4 Å². The molecule has 0 heterocycles. The highest BCUT2D eigenvalue weighted by atomic mass is 79.9. The quantitative estimate of drug-likeness (QED) is 0.827. The molecule has 1 aromatic carbocycles. The fourth-order valence-electron chi connectivity index (χ4n) is 1.53. The number of halogens is 1. The molecule has 0 unspecified atom stereocenters. The molecule has 2 N–H and O–H groups in total. The summed E-state index contributed by atoms with van der Waals surface area (Å²) in [6, 6.07) is 5.53. The number of carbonyl (C=O) groups is 2. The van der Waals surface area contributed by atoms with Crippen LogP contribution in [0.4, 0.5) is 0 Å². The fraction of sp³-hybridized carbons (Fsp3) is 0.385. The Morgan fingerprint density at radius 2 is 2.11 bits per heavy atom. The van der Waals surface area contributed by atoms with Crippen molar-refractivity contribution in [2.75, 3.05) is 6.61 Å². The normalized spacial score (nSPS) is 13.8. The zero-order valence-electron chi connectivity index (χ0n) is 10.5. The Kier molecular flexibility index (Phi) is 4.42. The first-order valence-electron chi connectivity index (χ1n) is 6.04. The van der Waals surface area contributed by atoms with E-state index in [-0.39, 0.29) is 24.3 Å². The molecule has 1 aromatic rings. The first-order valence-corrected chi connectivity index (χ1v) is 6.83. The summed E-state index contributed by atoms with van der Waals surface area (Å²) in [5.41, 5.74) is 5.64. The Balaban J connectivity index is 1.74. The van der Waals surface area contributed by atoms with Gasteiger partial charge >= 0.3 is 0 Å². The van der Waals surface area contributed by atoms with Gasteiger partial charge in [0, 0.05) is 10.4 Å². The van der Waals surface area contributed by atoms with Crippen molar-refractivity contribution in [3.8, 4) is 5.75 Å². The second-order valence-corrected chi connectivity index (χ2v) is 5.43. The number of amides is 2. The summed E-state index contributed by atoms with van der Waals surface area (Å²) in [5.74, 6) is 0.200. The maximum atomic E-state index is 11.5. The van der Waals surface area contributed by atoms with E-state index in [1.165, 1.54) is 0 Å². The van der Waals surface area contributed by atoms with E-state index in [0.717, 1.165) is 22.9 Å². The lowest BCUT2D eigenvalue weighted by atomic mass is 10.2. The van der Waals surface area contributed by atoms with Crippen LogP contribution >= 0.6 is 15.9 Å². The molecule has 1 fully saturated rings. The summed E-state index contributed by atoms with van der Waals surface area (Å²) in [6.45, 7) is 1.76. The smallest absolute Gasteiger partial charge is 0.276 e. The minimum Gasteiger partial charge on any atom is -0.483 e. The van der Waals surface area contributed by atoms with E-state index in [9.17, 15) is 9.59 Å². The van der Waals surface area contributed by atoms with Crippen molar-refractivity contribution in [1.82, 2.24) is 10.9 Å². The van der Waals surface area contributed by atoms with E-state index >= 15 is 0 Å². The van der Waals surface area contributed by atoms with Crippen LogP contribution in [0.1, 0.15) is 18.4 Å². The number of hydrogen-bond acceptors (Lipinski definition) is 3. The van der Waals surface area contributed by atoms with Crippen LogP contribution in [0.15, 0.2) is 22.7 Å². The number of benzene rings is 1. The third-order valence-electron chi connectivity index (χ3n) is 2.77. The van der Waals surface area contributed by atoms with Gasteiger partial charge in [-0.15, -0.1) is 0 Å². The molecule has 0 spiro atoms. The number of hydrazine groups is 1. The SMILES string of the molecule is Cc1cc(Br)ccc1OCC(=O)NNC(=O)C1CC1. The average Bonchev–Trinajstić information content (AvgIpc) is 3.19. The summed E-state index contributed by atoms with van der Waals surface area (Å²) >= 11 is 3.35. The lowest BCUT2D eigenvalue weighted by Gasteiger charge is -2.10. The number of hydrogen-bond donors (Lipinski definition) is 2. The highest BCUT2D eigenvalue weighted by Crippen LogP contribution is 2.28. The lowest BCUT2D eigenvalue weighted by Crippen LogP contribution is -2.44. The summed E-state index contributed by atoms with van der Waals surface area (Å²) in [6.07, 6.45) is 1.80. The van der Waals surface area contributed by atoms with Crippen molar-refractivity contribution in [3.05, 3.63) is 28.2 Å². The van der Waals surface area contributed by atoms with Gasteiger partial charge in [0.1, 0.15) is 5.75 Å². The van der Waals surface area contributed by atoms with Gasteiger partial charge in [-0.3, -0.25) is 20.4 Å². The molecule has 1 aliphatic carbocycles. The maximum Gasteiger partial charge on any atom is 0.276 e. The van der Waals surface area contributed by atoms with Crippen molar-refractivity contribution < 1.29 is 14.3 Å². The molecule has 0 atom stereocenters. The molecule has 19 heavy (non-hydrogen) atoms. The van der Waals surface area contributed by atoms with Crippen LogP contribution in [0.2, 0.25) is 0 Å². The van der Waals surface area contributed by atoms with Crippen LogP contribution in [0.3, 0.4) is 0 Å². The van der Waals surface area contributed by atoms with Crippen LogP contribution in [-0.2, 0) is 9.59 Å². The standard InChI is InChI=1S/C13H15BrN2O3/c1-8-6-10(14)4-5-11(8)19-7-12(17)15-16-13(18)9-2-3-9/h4-6,9H,2-3,7H2,1H3,(H,15,17)(H,16,18). The molecule has 0 aliphatic heterocycles. The molecule has 0 bridgehead atoms. The summed E-state index contributed by atoms with van der Waals surface area (Å²) < 4.78 is 6.33. The molecule has 0 saturated heterocycles. The van der Waals surface area contributed by atoms with Crippen molar-refractivity contribution in [3.63, 3.8) is 0 Å². The molecule has 1 saturated carbocycles. The third-order valence-corrected chi connectivity index (χ3v) is 3.26. The van der Waals surface area contributed by atoms with Crippen LogP contribution in [0.5, 0.6) is 5.75 Å². The van der Waals surface area contributed by atoms with Crippen molar-refractivity contribution in [2.45, 2.75) is 19.8 Å². The van der Waals surface area contributed by atoms with Gasteiger partial charge in [0.2, 0.25) is 5.91 Å². The minimum atomic E-state index is -0.378. The second-order valence-electron chi connectivity index (χ2n) is 4.51. The van der Waals surface area contributed by atoms with Crippen LogP contribution in [-0.4, -0.2) is 18.4 Å². The predicted molar refractivity (Wildman–Crippen MR) is 73.4 cm³/mol. The molecule has 2 rings (SSSR count). The van der Waals surface area contributed by atoms with Crippen molar-refractivity contribution in [1.29, 1.82) is 0 Å². The van der Waals surface area contributed by atoms with Gasteiger partial charge in [-0.2, -0.15) is 0 Å². The van der Waals surface area contributed by atoms with Crippen LogP contribution < -0.4 is 15.6 Å². The van der Waals surface area contributed by atoms with E-state index in [1.54, 1.807) is 6.07 Å². The maximum absolute atomic E-state index is 11.5. The first-order chi connectivity index (χ1) is 9.06. The van der Waals surface area contributed by atoms with Gasteiger partial charge in [-0.25, -0.2) is 0 Å². The summed E-state index contributed by atoms with van der Waals surface area (Å²) in [7, 11) is 0. The second kappa shape index (κ2) is 6.06. The molecular weight excluding hydrogens is 312 g/mol. The number of carbonyl (C=O) groups excluding carboxylic acids is 2. The Morgan fingerprint density at radius 3 is 2.74 bits per heavy atom. The zero-order valence-corrected chi connectivity index (χ0v) is 12.1. The van der Waals surface area contributed by atoms with Crippen LogP contribution in [0, 0.1) is 12.8 Å². The zero-order chi connectivity index (χ0) is 13.8. The highest BCUT2D eigenvalue weighted by Gasteiger charge is 2.29. The summed E-state index contributed by atoms with van der Waals surface area (Å²) in [4.78, 5) is 22.8. The molecule has 0 aromatic heterocycles. The number of nitrogens with one attached hydrogen (secondary N) is 2. The Hall–Kier alpha value is -1.56. The average molecular weight is 327 g/mol. The molecule has 6 heteroatoms. The molecule has 1 aliphatic rings. The third kappa shape index (κ3) is 4.24. The molecule has 0 radical (unpaired) electrons. The van der Waals surface area contributed by atoms with Gasteiger partial charge < -0.3 is 4.74 Å². The Labute approximate surface area is 119 Å². The van der Waals surface area contributed by atoms with Crippen LogP contribution in [0.25, 0.3) is 0 Å². The number of rotatable bonds is 4. The van der Waals surface area contributed by atoms with E-state index in [1.807, 2.05) is 19.1 Å². The molecular formula is C13H15BrN2O3. The van der Waals surface area contributed by atoms with Gasteiger partial charge in [-0.05, 0) is 43.5 Å². The van der Waals surface area contributed by atoms with Crippen molar-refractivity contribution in [2.24, 2.45) is 5.92 Å². The number of aryl methyl sites for hydroxylation is 1. The van der Waals surface area contributed by atoms with Gasteiger partial charge in [0.05, 0.1) is 0 Å². The highest BCUT2D eigenvalue weighted by molar-refractivity contribution is 9.10. The minimum absolute atomic E-state index is 0.0648. The van der Waals surface area contributed by atoms with E-state index in [4.69, 9.17) is 4.74 Å². The monoisotopic (exact) mass is 326 g/mol. The molecule has 102 valence electrons. The van der Waals surface area contributed by atoms with Gasteiger partial charge in [0.15, 0.2) is 6.61 Å². The Bertz CT molecular complexity index is 501.